The van der Waals surface area contributed by atoms with Crippen LogP contribution in [0.4, 0.5) is 0 Å². The zero-order valence-corrected chi connectivity index (χ0v) is 9.73. The van der Waals surface area contributed by atoms with E-state index in [2.05, 4.69) is 16.7 Å². The second-order valence-electron chi connectivity index (χ2n) is 3.73. The number of nitrogens with one attached hydrogen (secondary N) is 2. The Morgan fingerprint density at radius 3 is 2.73 bits per heavy atom. The van der Waals surface area contributed by atoms with Gasteiger partial charge in [0.25, 0.3) is 0 Å². The Labute approximate surface area is 96.1 Å². The largest absolute Gasteiger partial charge is 0.347 e. The van der Waals surface area contributed by atoms with E-state index >= 15 is 0 Å². The normalized spacial score (nSPS) is 23.5. The Bertz CT molecular complexity index is 292. The third kappa shape index (κ3) is 4.32. The van der Waals surface area contributed by atoms with E-state index in [4.69, 9.17) is 5.26 Å². The standard InChI is InChI=1S/C10H15N3O.ClH/c1-7(2)3-10(14)13-9-6-12-5-8(9)4-11;/h3,8-9,12H,5-6H2,1-2H3,(H,13,14);1H. The van der Waals surface area contributed by atoms with Gasteiger partial charge in [0.2, 0.25) is 5.91 Å². The molecule has 1 aliphatic rings. The van der Waals surface area contributed by atoms with Crippen molar-refractivity contribution in [3.63, 3.8) is 0 Å². The van der Waals surface area contributed by atoms with Crippen molar-refractivity contribution >= 4 is 18.3 Å². The molecule has 1 heterocycles. The predicted octanol–water partition coefficient (Wildman–Crippen LogP) is 0.602. The molecule has 4 nitrogen and oxygen atoms in total. The van der Waals surface area contributed by atoms with Crippen molar-refractivity contribution in [2.75, 3.05) is 13.1 Å². The lowest BCUT2D eigenvalue weighted by Gasteiger charge is -2.12. The molecule has 1 saturated heterocycles. The van der Waals surface area contributed by atoms with Gasteiger partial charge in [-0.1, -0.05) is 5.57 Å². The smallest absolute Gasteiger partial charge is 0.244 e. The molecule has 1 rings (SSSR count). The summed E-state index contributed by atoms with van der Waals surface area (Å²) in [7, 11) is 0. The van der Waals surface area contributed by atoms with Crippen LogP contribution in [0.15, 0.2) is 11.6 Å². The highest BCUT2D eigenvalue weighted by Gasteiger charge is 2.27. The van der Waals surface area contributed by atoms with E-state index in [1.54, 1.807) is 6.08 Å². The first kappa shape index (κ1) is 13.9. The summed E-state index contributed by atoms with van der Waals surface area (Å²) in [6, 6.07) is 2.12. The number of allylic oxidation sites excluding steroid dienone is 1. The molecule has 84 valence electrons. The average molecular weight is 230 g/mol. The lowest BCUT2D eigenvalue weighted by Crippen LogP contribution is -2.39. The second-order valence-corrected chi connectivity index (χ2v) is 3.73. The third-order valence-corrected chi connectivity index (χ3v) is 2.13. The molecule has 1 fully saturated rings. The van der Waals surface area contributed by atoms with Crippen molar-refractivity contribution in [2.24, 2.45) is 5.92 Å². The number of carbonyl (C=O) groups is 1. The number of amides is 1. The molecule has 0 saturated carbocycles. The van der Waals surface area contributed by atoms with E-state index in [1.807, 2.05) is 13.8 Å². The summed E-state index contributed by atoms with van der Waals surface area (Å²) in [5, 5.41) is 14.7. The van der Waals surface area contributed by atoms with Gasteiger partial charge in [-0.3, -0.25) is 4.79 Å². The van der Waals surface area contributed by atoms with Crippen molar-refractivity contribution in [1.29, 1.82) is 5.26 Å². The first-order valence-corrected chi connectivity index (χ1v) is 4.69. The summed E-state index contributed by atoms with van der Waals surface area (Å²) in [6.45, 7) is 5.08. The molecule has 0 spiro atoms. The Morgan fingerprint density at radius 2 is 2.20 bits per heavy atom. The quantitative estimate of drug-likeness (QED) is 0.682. The lowest BCUT2D eigenvalue weighted by atomic mass is 10.1. The number of carbonyl (C=O) groups excluding carboxylic acids is 1. The summed E-state index contributed by atoms with van der Waals surface area (Å²) in [6.07, 6.45) is 1.55. The third-order valence-electron chi connectivity index (χ3n) is 2.13. The molecule has 0 radical (unpaired) electrons. The maximum atomic E-state index is 11.3. The molecule has 0 aromatic carbocycles. The molecule has 1 amide bonds. The van der Waals surface area contributed by atoms with Crippen LogP contribution < -0.4 is 10.6 Å². The first-order valence-electron chi connectivity index (χ1n) is 4.69. The van der Waals surface area contributed by atoms with Gasteiger partial charge in [-0.15, -0.1) is 12.4 Å². The minimum atomic E-state index is -0.112. The maximum absolute atomic E-state index is 11.3. The zero-order valence-electron chi connectivity index (χ0n) is 8.91. The van der Waals surface area contributed by atoms with Gasteiger partial charge in [0.15, 0.2) is 0 Å². The van der Waals surface area contributed by atoms with Crippen molar-refractivity contribution in [3.05, 3.63) is 11.6 Å². The van der Waals surface area contributed by atoms with E-state index in [0.29, 0.717) is 13.1 Å². The Kier molecular flexibility index (Phi) is 5.99. The van der Waals surface area contributed by atoms with E-state index in [1.165, 1.54) is 0 Å². The molecule has 0 bridgehead atoms. The Hall–Kier alpha value is -1.05. The summed E-state index contributed by atoms with van der Waals surface area (Å²) in [5.74, 6) is -0.219. The predicted molar refractivity (Wildman–Crippen MR) is 60.6 cm³/mol. The molecular formula is C10H16ClN3O. The molecule has 2 unspecified atom stereocenters. The number of nitrogens with zero attached hydrogens (tertiary/aromatic N) is 1. The maximum Gasteiger partial charge on any atom is 0.244 e. The Balaban J connectivity index is 0.00000196. The highest BCUT2D eigenvalue weighted by Crippen LogP contribution is 2.07. The second kappa shape index (κ2) is 6.44. The summed E-state index contributed by atoms with van der Waals surface area (Å²) in [5.41, 5.74) is 0.960. The van der Waals surface area contributed by atoms with Crippen LogP contribution in [0.1, 0.15) is 13.8 Å². The summed E-state index contributed by atoms with van der Waals surface area (Å²) in [4.78, 5) is 11.3. The Morgan fingerprint density at radius 1 is 1.53 bits per heavy atom. The SMILES string of the molecule is CC(C)=CC(=O)NC1CNCC1C#N.Cl. The molecule has 2 atom stereocenters. The van der Waals surface area contributed by atoms with Gasteiger partial charge in [-0.2, -0.15) is 5.26 Å². The highest BCUT2D eigenvalue weighted by atomic mass is 35.5. The van der Waals surface area contributed by atoms with Crippen LogP contribution in [0.5, 0.6) is 0 Å². The van der Waals surface area contributed by atoms with Gasteiger partial charge < -0.3 is 10.6 Å². The molecule has 1 aliphatic heterocycles. The van der Waals surface area contributed by atoms with Crippen LogP contribution in [-0.2, 0) is 4.79 Å². The zero-order chi connectivity index (χ0) is 10.6. The van der Waals surface area contributed by atoms with Crippen molar-refractivity contribution in [3.8, 4) is 6.07 Å². The van der Waals surface area contributed by atoms with Gasteiger partial charge in [-0.05, 0) is 13.8 Å². The molecule has 5 heteroatoms. The first-order chi connectivity index (χ1) is 6.63. The van der Waals surface area contributed by atoms with Crippen LogP contribution >= 0.6 is 12.4 Å². The van der Waals surface area contributed by atoms with Crippen molar-refractivity contribution in [1.82, 2.24) is 10.6 Å². The van der Waals surface area contributed by atoms with E-state index in [0.717, 1.165) is 5.57 Å². The molecule has 0 aromatic rings. The van der Waals surface area contributed by atoms with Gasteiger partial charge in [-0.25, -0.2) is 0 Å². The summed E-state index contributed by atoms with van der Waals surface area (Å²) < 4.78 is 0. The van der Waals surface area contributed by atoms with Crippen LogP contribution in [0.2, 0.25) is 0 Å². The molecule has 15 heavy (non-hydrogen) atoms. The van der Waals surface area contributed by atoms with Crippen molar-refractivity contribution in [2.45, 2.75) is 19.9 Å². The minimum absolute atomic E-state index is 0. The number of hydrogen-bond donors (Lipinski definition) is 2. The number of halogens is 1. The minimum Gasteiger partial charge on any atom is -0.347 e. The van der Waals surface area contributed by atoms with E-state index in [9.17, 15) is 4.79 Å². The molecular weight excluding hydrogens is 214 g/mol. The van der Waals surface area contributed by atoms with Crippen molar-refractivity contribution < 1.29 is 4.79 Å². The fourth-order valence-corrected chi connectivity index (χ4v) is 1.45. The van der Waals surface area contributed by atoms with Gasteiger partial charge in [0.05, 0.1) is 18.0 Å². The van der Waals surface area contributed by atoms with Crippen LogP contribution in [0.25, 0.3) is 0 Å². The average Bonchev–Trinajstić information content (AvgIpc) is 2.50. The number of nitriles is 1. The van der Waals surface area contributed by atoms with Crippen LogP contribution in [0, 0.1) is 17.2 Å². The number of hydrogen-bond acceptors (Lipinski definition) is 3. The molecule has 0 aromatic heterocycles. The van der Waals surface area contributed by atoms with Gasteiger partial charge in [0.1, 0.15) is 0 Å². The van der Waals surface area contributed by atoms with Crippen LogP contribution in [0.3, 0.4) is 0 Å². The van der Waals surface area contributed by atoms with E-state index < -0.39 is 0 Å². The fourth-order valence-electron chi connectivity index (χ4n) is 1.45. The fraction of sp³-hybridized carbons (Fsp3) is 0.600. The van der Waals surface area contributed by atoms with Gasteiger partial charge >= 0.3 is 0 Å². The molecule has 2 N–H and O–H groups in total. The van der Waals surface area contributed by atoms with Gasteiger partial charge in [0, 0.05) is 19.2 Å². The van der Waals surface area contributed by atoms with Crippen LogP contribution in [-0.4, -0.2) is 25.0 Å². The number of rotatable bonds is 2. The summed E-state index contributed by atoms with van der Waals surface area (Å²) >= 11 is 0. The monoisotopic (exact) mass is 229 g/mol. The lowest BCUT2D eigenvalue weighted by molar-refractivity contribution is -0.117. The highest BCUT2D eigenvalue weighted by molar-refractivity contribution is 5.88. The topological polar surface area (TPSA) is 64.9 Å². The molecule has 0 aliphatic carbocycles. The van der Waals surface area contributed by atoms with E-state index in [-0.39, 0.29) is 30.3 Å².